The van der Waals surface area contributed by atoms with Crippen molar-refractivity contribution in [2.75, 3.05) is 26.6 Å². The minimum absolute atomic E-state index is 0.726. The van der Waals surface area contributed by atoms with Crippen molar-refractivity contribution < 1.29 is 9.47 Å². The molecule has 2 aliphatic heterocycles. The molecule has 0 N–H and O–H groups in total. The summed E-state index contributed by atoms with van der Waals surface area (Å²) in [5.41, 5.74) is 2.69. The fourth-order valence-corrected chi connectivity index (χ4v) is 6.64. The molecule has 0 radical (unpaired) electrons. The van der Waals surface area contributed by atoms with Crippen molar-refractivity contribution >= 4 is 10.8 Å². The van der Waals surface area contributed by atoms with Gasteiger partial charge >= 0.3 is 0 Å². The normalized spacial score (nSPS) is 23.4. The second-order valence-electron chi connectivity index (χ2n) is 10.8. The first-order valence-corrected chi connectivity index (χ1v) is 13.1. The number of nitrogens with zero attached hydrogens (tertiary/aromatic N) is 2. The Morgan fingerprint density at radius 2 is 1.28 bits per heavy atom. The number of hydrogen-bond donors (Lipinski definition) is 0. The van der Waals surface area contributed by atoms with Gasteiger partial charge in [-0.05, 0) is 55.0 Å². The molecule has 2 aromatic carbocycles. The summed E-state index contributed by atoms with van der Waals surface area (Å²) in [5, 5.41) is 2.58. The van der Waals surface area contributed by atoms with Crippen LogP contribution >= 0.6 is 0 Å². The summed E-state index contributed by atoms with van der Waals surface area (Å²) < 4.78 is 12.6. The van der Waals surface area contributed by atoms with Gasteiger partial charge in [-0.25, -0.2) is 0 Å². The maximum absolute atomic E-state index is 6.40. The molecule has 2 saturated carbocycles. The first-order chi connectivity index (χ1) is 15.8. The molecule has 6 rings (SSSR count). The summed E-state index contributed by atoms with van der Waals surface area (Å²) >= 11 is 0. The number of fused-ring (bicyclic) bond motifs is 5. The van der Waals surface area contributed by atoms with Crippen LogP contribution in [0.15, 0.2) is 24.3 Å². The maximum atomic E-state index is 6.40. The van der Waals surface area contributed by atoms with Crippen LogP contribution in [0.3, 0.4) is 0 Å². The molecule has 0 saturated heterocycles. The van der Waals surface area contributed by atoms with Crippen molar-refractivity contribution in [1.29, 1.82) is 0 Å². The Bertz CT molecular complexity index is 946. The molecule has 0 aromatic heterocycles. The van der Waals surface area contributed by atoms with E-state index in [9.17, 15) is 0 Å². The molecule has 2 fully saturated rings. The monoisotopic (exact) mass is 434 g/mol. The molecule has 32 heavy (non-hydrogen) atoms. The zero-order valence-electron chi connectivity index (χ0n) is 19.5. The van der Waals surface area contributed by atoms with Crippen LogP contribution in [0.5, 0.6) is 11.5 Å². The van der Waals surface area contributed by atoms with Gasteiger partial charge in [-0.15, -0.1) is 0 Å². The van der Waals surface area contributed by atoms with Crippen molar-refractivity contribution in [2.45, 2.75) is 77.3 Å². The molecular weight excluding hydrogens is 396 g/mol. The second kappa shape index (κ2) is 9.23. The second-order valence-corrected chi connectivity index (χ2v) is 10.8. The van der Waals surface area contributed by atoms with Crippen LogP contribution in [0, 0.1) is 11.8 Å². The smallest absolute Gasteiger partial charge is 0.142 e. The SMILES string of the molecule is c1cc2c3c(ccc2c2c1CN(CC1CCCCC1)CO2)OCN(CC1CCCCC1)C3. The van der Waals surface area contributed by atoms with Crippen molar-refractivity contribution in [1.82, 2.24) is 9.80 Å². The van der Waals surface area contributed by atoms with E-state index < -0.39 is 0 Å². The largest absolute Gasteiger partial charge is 0.478 e. The van der Waals surface area contributed by atoms with Crippen LogP contribution in [-0.2, 0) is 13.1 Å². The van der Waals surface area contributed by atoms with Crippen molar-refractivity contribution in [3.05, 3.63) is 35.4 Å². The Labute approximate surface area is 192 Å². The van der Waals surface area contributed by atoms with Crippen LogP contribution in [-0.4, -0.2) is 36.4 Å². The predicted octanol–water partition coefficient (Wildman–Crippen LogP) is 6.30. The Morgan fingerprint density at radius 1 is 0.656 bits per heavy atom. The third kappa shape index (κ3) is 4.24. The number of hydrogen-bond acceptors (Lipinski definition) is 4. The highest BCUT2D eigenvalue weighted by atomic mass is 16.5. The molecule has 2 aliphatic carbocycles. The number of ether oxygens (including phenoxy) is 2. The van der Waals surface area contributed by atoms with E-state index >= 15 is 0 Å². The molecule has 0 bridgehead atoms. The average Bonchev–Trinajstić information content (AvgIpc) is 2.85. The van der Waals surface area contributed by atoms with Crippen LogP contribution in [0.25, 0.3) is 10.8 Å². The standard InChI is InChI=1S/C28H38N2O2/c1-3-7-21(8-4-1)15-29-17-23-11-12-24-25(28(23)32-20-29)13-14-27-26(24)18-30(19-31-27)16-22-9-5-2-6-10-22/h11-14,21-22H,1-10,15-20H2. The third-order valence-corrected chi connectivity index (χ3v) is 8.35. The van der Waals surface area contributed by atoms with Crippen LogP contribution in [0.1, 0.15) is 75.3 Å². The zero-order valence-corrected chi connectivity index (χ0v) is 19.5. The zero-order chi connectivity index (χ0) is 21.3. The fourth-order valence-electron chi connectivity index (χ4n) is 6.64. The van der Waals surface area contributed by atoms with E-state index in [-0.39, 0.29) is 0 Å². The van der Waals surface area contributed by atoms with E-state index in [0.29, 0.717) is 0 Å². The Kier molecular flexibility index (Phi) is 6.00. The lowest BCUT2D eigenvalue weighted by Gasteiger charge is -2.35. The maximum Gasteiger partial charge on any atom is 0.142 e. The highest BCUT2D eigenvalue weighted by molar-refractivity contribution is 5.94. The van der Waals surface area contributed by atoms with Gasteiger partial charge < -0.3 is 9.47 Å². The molecule has 172 valence electrons. The van der Waals surface area contributed by atoms with Gasteiger partial charge in [-0.1, -0.05) is 50.7 Å². The number of rotatable bonds is 4. The van der Waals surface area contributed by atoms with Crippen LogP contribution in [0.2, 0.25) is 0 Å². The summed E-state index contributed by atoms with van der Waals surface area (Å²) in [7, 11) is 0. The van der Waals surface area contributed by atoms with Gasteiger partial charge in [0, 0.05) is 42.7 Å². The molecule has 4 heteroatoms. The first-order valence-electron chi connectivity index (χ1n) is 13.1. The molecule has 2 heterocycles. The summed E-state index contributed by atoms with van der Waals surface area (Å²) in [5.74, 6) is 3.87. The molecule has 2 aromatic rings. The summed E-state index contributed by atoms with van der Waals surface area (Å²) in [6.07, 6.45) is 14.0. The van der Waals surface area contributed by atoms with Gasteiger partial charge in [-0.2, -0.15) is 0 Å². The van der Waals surface area contributed by atoms with Crippen LogP contribution < -0.4 is 9.47 Å². The lowest BCUT2D eigenvalue weighted by Crippen LogP contribution is -2.37. The van der Waals surface area contributed by atoms with E-state index in [1.165, 1.54) is 99.2 Å². The first kappa shape index (κ1) is 20.8. The molecule has 0 amide bonds. The van der Waals surface area contributed by atoms with Crippen molar-refractivity contribution in [3.63, 3.8) is 0 Å². The van der Waals surface area contributed by atoms with Crippen molar-refractivity contribution in [3.8, 4) is 11.5 Å². The summed E-state index contributed by atoms with van der Waals surface area (Å²) in [4.78, 5) is 5.03. The minimum atomic E-state index is 0.726. The highest BCUT2D eigenvalue weighted by Crippen LogP contribution is 2.40. The van der Waals surface area contributed by atoms with E-state index in [1.54, 1.807) is 0 Å². The molecule has 4 aliphatic rings. The molecule has 0 spiro atoms. The molecule has 0 atom stereocenters. The Balaban J connectivity index is 1.20. The summed E-state index contributed by atoms with van der Waals surface area (Å²) in [6.45, 7) is 5.83. The number of benzene rings is 2. The average molecular weight is 435 g/mol. The van der Waals surface area contributed by atoms with E-state index in [1.807, 2.05) is 0 Å². The summed E-state index contributed by atoms with van der Waals surface area (Å²) in [6, 6.07) is 9.03. The van der Waals surface area contributed by atoms with Gasteiger partial charge in [0.1, 0.15) is 25.0 Å². The van der Waals surface area contributed by atoms with Gasteiger partial charge in [0.2, 0.25) is 0 Å². The Morgan fingerprint density at radius 3 is 2.00 bits per heavy atom. The fraction of sp³-hybridized carbons (Fsp3) is 0.643. The topological polar surface area (TPSA) is 24.9 Å². The van der Waals surface area contributed by atoms with Gasteiger partial charge in [-0.3, -0.25) is 9.80 Å². The predicted molar refractivity (Wildman–Crippen MR) is 129 cm³/mol. The van der Waals surface area contributed by atoms with Gasteiger partial charge in [0.25, 0.3) is 0 Å². The Hall–Kier alpha value is -1.78. The molecule has 0 unspecified atom stereocenters. The van der Waals surface area contributed by atoms with E-state index in [0.717, 1.165) is 49.9 Å². The van der Waals surface area contributed by atoms with Crippen LogP contribution in [0.4, 0.5) is 0 Å². The van der Waals surface area contributed by atoms with E-state index in [4.69, 9.17) is 9.47 Å². The lowest BCUT2D eigenvalue weighted by atomic mass is 9.88. The van der Waals surface area contributed by atoms with Crippen molar-refractivity contribution in [2.24, 2.45) is 11.8 Å². The minimum Gasteiger partial charge on any atom is -0.478 e. The lowest BCUT2D eigenvalue weighted by molar-refractivity contribution is 0.0728. The quantitative estimate of drug-likeness (QED) is 0.563. The molecule has 4 nitrogen and oxygen atoms in total. The highest BCUT2D eigenvalue weighted by Gasteiger charge is 2.27. The van der Waals surface area contributed by atoms with Gasteiger partial charge in [0.15, 0.2) is 0 Å². The third-order valence-electron chi connectivity index (χ3n) is 8.35. The van der Waals surface area contributed by atoms with Gasteiger partial charge in [0.05, 0.1) is 0 Å². The van der Waals surface area contributed by atoms with E-state index in [2.05, 4.69) is 34.1 Å². The molecular formula is C28H38N2O2.